The summed E-state index contributed by atoms with van der Waals surface area (Å²) in [5, 5.41) is 9.72. The van der Waals surface area contributed by atoms with E-state index in [1.807, 2.05) is 36.6 Å². The molecule has 0 spiro atoms. The van der Waals surface area contributed by atoms with Crippen molar-refractivity contribution in [2.75, 3.05) is 5.75 Å². The van der Waals surface area contributed by atoms with E-state index in [1.165, 1.54) is 34.8 Å². The lowest BCUT2D eigenvalue weighted by atomic mass is 9.96. The Labute approximate surface area is 150 Å². The molecule has 0 saturated heterocycles. The first-order chi connectivity index (χ1) is 12.1. The molecule has 1 aliphatic carbocycles. The van der Waals surface area contributed by atoms with E-state index in [0.717, 1.165) is 24.8 Å². The predicted octanol–water partition coefficient (Wildman–Crippen LogP) is 4.46. The average molecular weight is 355 g/mol. The number of para-hydroxylation sites is 1. The molecule has 1 aromatic carbocycles. The van der Waals surface area contributed by atoms with Crippen molar-refractivity contribution in [1.29, 1.82) is 0 Å². The monoisotopic (exact) mass is 355 g/mol. The molecule has 0 unspecified atom stereocenters. The van der Waals surface area contributed by atoms with Crippen LogP contribution in [-0.4, -0.2) is 26.4 Å². The van der Waals surface area contributed by atoms with Crippen LogP contribution in [0, 0.1) is 0 Å². The highest BCUT2D eigenvalue weighted by molar-refractivity contribution is 7.99. The number of carbonyl (C=O) groups is 1. The van der Waals surface area contributed by atoms with Gasteiger partial charge in [0.05, 0.1) is 11.3 Å². The van der Waals surface area contributed by atoms with Crippen LogP contribution in [0.15, 0.2) is 33.9 Å². The SMILES string of the molecule is CC(C)c1nnc(SCC(=O)n2c3c(c4ccccc42)CCCC3)o1. The van der Waals surface area contributed by atoms with E-state index in [-0.39, 0.29) is 11.8 Å². The lowest BCUT2D eigenvalue weighted by Crippen LogP contribution is -2.18. The summed E-state index contributed by atoms with van der Waals surface area (Å²) in [7, 11) is 0. The molecule has 1 aliphatic rings. The summed E-state index contributed by atoms with van der Waals surface area (Å²) in [5.41, 5.74) is 3.56. The van der Waals surface area contributed by atoms with Gasteiger partial charge < -0.3 is 4.42 Å². The first-order valence-corrected chi connectivity index (χ1v) is 9.74. The summed E-state index contributed by atoms with van der Waals surface area (Å²) in [6, 6.07) is 8.22. The van der Waals surface area contributed by atoms with Gasteiger partial charge in [0.25, 0.3) is 5.22 Å². The minimum atomic E-state index is 0.0775. The highest BCUT2D eigenvalue weighted by Crippen LogP contribution is 2.32. The normalized spacial score (nSPS) is 14.2. The first kappa shape index (κ1) is 16.4. The van der Waals surface area contributed by atoms with E-state index in [0.29, 0.717) is 16.9 Å². The molecular formula is C19H21N3O2S. The van der Waals surface area contributed by atoms with Crippen molar-refractivity contribution in [3.63, 3.8) is 0 Å². The molecule has 0 bridgehead atoms. The number of aromatic nitrogens is 3. The van der Waals surface area contributed by atoms with Gasteiger partial charge >= 0.3 is 0 Å². The molecule has 4 rings (SSSR count). The standard InChI is InChI=1S/C19H21N3O2S/c1-12(2)18-20-21-19(24-18)25-11-17(23)22-15-9-5-3-7-13(15)14-8-4-6-10-16(14)22/h3,5,7,9,12H,4,6,8,10-11H2,1-2H3. The zero-order valence-electron chi connectivity index (χ0n) is 14.5. The third-order valence-corrected chi connectivity index (χ3v) is 5.47. The molecule has 2 aromatic heterocycles. The quantitative estimate of drug-likeness (QED) is 0.647. The van der Waals surface area contributed by atoms with E-state index >= 15 is 0 Å². The summed E-state index contributed by atoms with van der Waals surface area (Å²) >= 11 is 1.31. The lowest BCUT2D eigenvalue weighted by Gasteiger charge is -2.14. The van der Waals surface area contributed by atoms with Crippen LogP contribution in [-0.2, 0) is 12.8 Å². The van der Waals surface area contributed by atoms with Gasteiger partial charge in [0.2, 0.25) is 11.8 Å². The van der Waals surface area contributed by atoms with Gasteiger partial charge in [0, 0.05) is 17.0 Å². The van der Waals surface area contributed by atoms with Crippen molar-refractivity contribution in [1.82, 2.24) is 14.8 Å². The van der Waals surface area contributed by atoms with Gasteiger partial charge in [-0.3, -0.25) is 9.36 Å². The van der Waals surface area contributed by atoms with Crippen LogP contribution in [0.1, 0.15) is 54.5 Å². The zero-order valence-corrected chi connectivity index (χ0v) is 15.3. The maximum atomic E-state index is 13.0. The summed E-state index contributed by atoms with van der Waals surface area (Å²) in [6.07, 6.45) is 4.37. The molecule has 0 aliphatic heterocycles. The number of rotatable bonds is 4. The van der Waals surface area contributed by atoms with Crippen LogP contribution >= 0.6 is 11.8 Å². The summed E-state index contributed by atoms with van der Waals surface area (Å²) in [5.74, 6) is 1.18. The van der Waals surface area contributed by atoms with Crippen LogP contribution in [0.25, 0.3) is 10.9 Å². The average Bonchev–Trinajstić information content (AvgIpc) is 3.23. The van der Waals surface area contributed by atoms with Crippen molar-refractivity contribution in [2.24, 2.45) is 0 Å². The molecule has 6 heteroatoms. The van der Waals surface area contributed by atoms with Crippen LogP contribution in [0.5, 0.6) is 0 Å². The van der Waals surface area contributed by atoms with Crippen LogP contribution < -0.4 is 0 Å². The van der Waals surface area contributed by atoms with Gasteiger partial charge in [-0.15, -0.1) is 10.2 Å². The molecule has 0 fully saturated rings. The number of hydrogen-bond acceptors (Lipinski definition) is 5. The van der Waals surface area contributed by atoms with Crippen LogP contribution in [0.4, 0.5) is 0 Å². The van der Waals surface area contributed by atoms with Crippen molar-refractivity contribution < 1.29 is 9.21 Å². The number of thioether (sulfide) groups is 1. The maximum absolute atomic E-state index is 13.0. The van der Waals surface area contributed by atoms with Gasteiger partial charge in [0.15, 0.2) is 0 Å². The largest absolute Gasteiger partial charge is 0.416 e. The van der Waals surface area contributed by atoms with Gasteiger partial charge in [-0.25, -0.2) is 0 Å². The Hall–Kier alpha value is -2.08. The Morgan fingerprint density at radius 1 is 1.24 bits per heavy atom. The molecule has 130 valence electrons. The van der Waals surface area contributed by atoms with E-state index < -0.39 is 0 Å². The van der Waals surface area contributed by atoms with Gasteiger partial charge in [0.1, 0.15) is 0 Å². The number of fused-ring (bicyclic) bond motifs is 3. The Bertz CT molecular complexity index is 926. The number of benzene rings is 1. The predicted molar refractivity (Wildman–Crippen MR) is 98.3 cm³/mol. The second-order valence-electron chi connectivity index (χ2n) is 6.73. The Morgan fingerprint density at radius 3 is 2.84 bits per heavy atom. The molecule has 0 amide bonds. The van der Waals surface area contributed by atoms with Gasteiger partial charge in [-0.05, 0) is 37.3 Å². The van der Waals surface area contributed by atoms with Crippen molar-refractivity contribution in [3.8, 4) is 0 Å². The zero-order chi connectivity index (χ0) is 17.4. The third kappa shape index (κ3) is 2.99. The fraction of sp³-hybridized carbons (Fsp3) is 0.421. The van der Waals surface area contributed by atoms with Crippen molar-refractivity contribution >= 4 is 28.6 Å². The fourth-order valence-electron chi connectivity index (χ4n) is 3.48. The van der Waals surface area contributed by atoms with E-state index in [1.54, 1.807) is 0 Å². The number of carbonyl (C=O) groups excluding carboxylic acids is 1. The number of aryl methyl sites for hydroxylation is 1. The molecule has 0 saturated carbocycles. The molecule has 0 atom stereocenters. The third-order valence-electron chi connectivity index (χ3n) is 4.66. The molecule has 2 heterocycles. The second-order valence-corrected chi connectivity index (χ2v) is 7.65. The summed E-state index contributed by atoms with van der Waals surface area (Å²) < 4.78 is 7.51. The van der Waals surface area contributed by atoms with E-state index in [2.05, 4.69) is 16.3 Å². The second kappa shape index (κ2) is 6.67. The van der Waals surface area contributed by atoms with Gasteiger partial charge in [-0.2, -0.15) is 0 Å². The minimum absolute atomic E-state index is 0.0775. The Morgan fingerprint density at radius 2 is 2.04 bits per heavy atom. The molecule has 5 nitrogen and oxygen atoms in total. The molecular weight excluding hydrogens is 334 g/mol. The van der Waals surface area contributed by atoms with Crippen molar-refractivity contribution in [2.45, 2.75) is 50.7 Å². The van der Waals surface area contributed by atoms with Gasteiger partial charge in [-0.1, -0.05) is 43.8 Å². The molecule has 25 heavy (non-hydrogen) atoms. The molecule has 0 N–H and O–H groups in total. The van der Waals surface area contributed by atoms with E-state index in [9.17, 15) is 4.79 Å². The Kier molecular flexibility index (Phi) is 4.37. The summed E-state index contributed by atoms with van der Waals surface area (Å²) in [4.78, 5) is 13.0. The fourth-order valence-corrected chi connectivity index (χ4v) is 4.10. The minimum Gasteiger partial charge on any atom is -0.416 e. The Balaban J connectivity index is 1.61. The maximum Gasteiger partial charge on any atom is 0.277 e. The van der Waals surface area contributed by atoms with Crippen molar-refractivity contribution in [3.05, 3.63) is 41.4 Å². The number of hydrogen-bond donors (Lipinski definition) is 0. The first-order valence-electron chi connectivity index (χ1n) is 8.75. The highest BCUT2D eigenvalue weighted by atomic mass is 32.2. The lowest BCUT2D eigenvalue weighted by molar-refractivity contribution is 0.0943. The molecule has 0 radical (unpaired) electrons. The number of nitrogens with zero attached hydrogens (tertiary/aromatic N) is 3. The topological polar surface area (TPSA) is 60.9 Å². The summed E-state index contributed by atoms with van der Waals surface area (Å²) in [6.45, 7) is 4.01. The van der Waals surface area contributed by atoms with E-state index in [4.69, 9.17) is 4.42 Å². The highest BCUT2D eigenvalue weighted by Gasteiger charge is 2.23. The van der Waals surface area contributed by atoms with Crippen LogP contribution in [0.2, 0.25) is 0 Å². The smallest absolute Gasteiger partial charge is 0.277 e. The van der Waals surface area contributed by atoms with Crippen LogP contribution in [0.3, 0.4) is 0 Å². The molecule has 3 aromatic rings.